The summed E-state index contributed by atoms with van der Waals surface area (Å²) in [6.45, 7) is 5.70. The Balaban J connectivity index is 1.85. The summed E-state index contributed by atoms with van der Waals surface area (Å²) in [4.78, 5) is 30.5. The van der Waals surface area contributed by atoms with Crippen molar-refractivity contribution in [2.24, 2.45) is 5.73 Å². The van der Waals surface area contributed by atoms with Crippen LogP contribution >= 0.6 is 11.3 Å². The van der Waals surface area contributed by atoms with Crippen LogP contribution in [0.3, 0.4) is 0 Å². The number of hydrogen-bond donors (Lipinski definition) is 3. The molecule has 4 N–H and O–H groups in total. The molecule has 4 aromatic heterocycles. The van der Waals surface area contributed by atoms with Crippen molar-refractivity contribution in [1.82, 2.24) is 25.0 Å². The molecule has 0 spiro atoms. The van der Waals surface area contributed by atoms with Crippen LogP contribution in [-0.2, 0) is 0 Å². The third kappa shape index (κ3) is 3.27. The number of carbonyl (C=O) groups is 2. The number of carbonyl (C=O) groups excluding carboxylic acids is 2. The maximum absolute atomic E-state index is 13.2. The number of H-pyrrole nitrogens is 1. The summed E-state index contributed by atoms with van der Waals surface area (Å²) in [5.41, 5.74) is 7.85. The van der Waals surface area contributed by atoms with Crippen molar-refractivity contribution in [1.29, 1.82) is 0 Å². The van der Waals surface area contributed by atoms with E-state index in [4.69, 9.17) is 10.7 Å². The van der Waals surface area contributed by atoms with Gasteiger partial charge in [-0.2, -0.15) is 10.2 Å². The Bertz CT molecular complexity index is 1220. The average Bonchev–Trinajstić information content (AvgIpc) is 3.40. The molecule has 4 aromatic rings. The van der Waals surface area contributed by atoms with Crippen LogP contribution in [-0.4, -0.2) is 36.8 Å². The number of aromatic nitrogens is 5. The molecule has 0 aliphatic carbocycles. The van der Waals surface area contributed by atoms with Crippen LogP contribution in [0.5, 0.6) is 0 Å². The largest absolute Gasteiger partial charge is 0.364 e. The number of nitrogens with one attached hydrogen (secondary N) is 2. The monoisotopic (exact) mass is 409 g/mol. The van der Waals surface area contributed by atoms with Crippen molar-refractivity contribution in [3.05, 3.63) is 46.7 Å². The zero-order valence-electron chi connectivity index (χ0n) is 16.1. The number of aromatic amines is 1. The fourth-order valence-corrected chi connectivity index (χ4v) is 3.76. The SMILES string of the molecule is Cc1[nH]nc(C(N)=O)c1NC(=O)c1cc(-c2cccs2)nc2c1cnn2C(C)C. The summed E-state index contributed by atoms with van der Waals surface area (Å²) in [5, 5.41) is 16.3. The highest BCUT2D eigenvalue weighted by Crippen LogP contribution is 2.29. The lowest BCUT2D eigenvalue weighted by Gasteiger charge is -2.10. The van der Waals surface area contributed by atoms with Crippen molar-refractivity contribution in [3.63, 3.8) is 0 Å². The number of rotatable bonds is 5. The van der Waals surface area contributed by atoms with Crippen LogP contribution in [0.2, 0.25) is 0 Å². The van der Waals surface area contributed by atoms with Crippen molar-refractivity contribution < 1.29 is 9.59 Å². The van der Waals surface area contributed by atoms with Gasteiger partial charge in [0, 0.05) is 6.04 Å². The molecule has 2 amide bonds. The highest BCUT2D eigenvalue weighted by molar-refractivity contribution is 7.13. The van der Waals surface area contributed by atoms with Crippen LogP contribution in [0.15, 0.2) is 29.8 Å². The molecular weight excluding hydrogens is 390 g/mol. The van der Waals surface area contributed by atoms with E-state index < -0.39 is 11.8 Å². The zero-order valence-corrected chi connectivity index (χ0v) is 16.9. The third-order valence-corrected chi connectivity index (χ3v) is 5.39. The summed E-state index contributed by atoms with van der Waals surface area (Å²) in [6.07, 6.45) is 1.63. The van der Waals surface area contributed by atoms with Gasteiger partial charge < -0.3 is 11.1 Å². The normalized spacial score (nSPS) is 11.3. The molecule has 0 fully saturated rings. The second-order valence-electron chi connectivity index (χ2n) is 6.84. The molecule has 9 nitrogen and oxygen atoms in total. The Labute approximate surface area is 169 Å². The summed E-state index contributed by atoms with van der Waals surface area (Å²) in [5.74, 6) is -1.12. The summed E-state index contributed by atoms with van der Waals surface area (Å²) >= 11 is 1.54. The summed E-state index contributed by atoms with van der Waals surface area (Å²) in [7, 11) is 0. The van der Waals surface area contributed by atoms with Gasteiger partial charge in [-0.3, -0.25) is 14.7 Å². The van der Waals surface area contributed by atoms with E-state index >= 15 is 0 Å². The Hall–Kier alpha value is -3.53. The quantitative estimate of drug-likeness (QED) is 0.466. The maximum atomic E-state index is 13.2. The van der Waals surface area contributed by atoms with Gasteiger partial charge in [0.1, 0.15) is 0 Å². The molecule has 0 bridgehead atoms. The van der Waals surface area contributed by atoms with Crippen molar-refractivity contribution in [3.8, 4) is 10.6 Å². The van der Waals surface area contributed by atoms with Crippen LogP contribution in [0.1, 0.15) is 46.4 Å². The molecule has 10 heteroatoms. The highest BCUT2D eigenvalue weighted by atomic mass is 32.1. The number of hydrogen-bond acceptors (Lipinski definition) is 6. The molecule has 0 saturated heterocycles. The number of primary amides is 1. The summed E-state index contributed by atoms with van der Waals surface area (Å²) in [6, 6.07) is 5.68. The zero-order chi connectivity index (χ0) is 20.7. The molecule has 0 unspecified atom stereocenters. The van der Waals surface area contributed by atoms with E-state index in [-0.39, 0.29) is 17.4 Å². The van der Waals surface area contributed by atoms with E-state index in [1.54, 1.807) is 23.9 Å². The predicted octanol–water partition coefficient (Wildman–Crippen LogP) is 3.12. The van der Waals surface area contributed by atoms with Gasteiger partial charge in [-0.25, -0.2) is 9.67 Å². The van der Waals surface area contributed by atoms with E-state index in [1.165, 1.54) is 11.3 Å². The van der Waals surface area contributed by atoms with Gasteiger partial charge in [0.2, 0.25) is 0 Å². The smallest absolute Gasteiger partial charge is 0.271 e. The van der Waals surface area contributed by atoms with Crippen LogP contribution in [0.4, 0.5) is 5.69 Å². The Kier molecular flexibility index (Phi) is 4.63. The number of fused-ring (bicyclic) bond motifs is 1. The number of anilines is 1. The number of amides is 2. The molecule has 4 heterocycles. The molecule has 0 aromatic carbocycles. The summed E-state index contributed by atoms with van der Waals surface area (Å²) < 4.78 is 1.78. The predicted molar refractivity (Wildman–Crippen MR) is 111 cm³/mol. The second kappa shape index (κ2) is 7.13. The van der Waals surface area contributed by atoms with Crippen molar-refractivity contribution >= 4 is 39.9 Å². The lowest BCUT2D eigenvalue weighted by atomic mass is 10.1. The Morgan fingerprint density at radius 1 is 1.34 bits per heavy atom. The van der Waals surface area contributed by atoms with Crippen LogP contribution < -0.4 is 11.1 Å². The first-order chi connectivity index (χ1) is 13.9. The topological polar surface area (TPSA) is 132 Å². The third-order valence-electron chi connectivity index (χ3n) is 4.49. The molecule has 29 heavy (non-hydrogen) atoms. The molecule has 4 rings (SSSR count). The van der Waals surface area contributed by atoms with E-state index in [0.29, 0.717) is 28.0 Å². The molecule has 0 aliphatic rings. The minimum atomic E-state index is -0.726. The number of nitrogens with zero attached hydrogens (tertiary/aromatic N) is 4. The molecule has 148 valence electrons. The average molecular weight is 409 g/mol. The fourth-order valence-electron chi connectivity index (χ4n) is 3.08. The van der Waals surface area contributed by atoms with E-state index in [2.05, 4.69) is 20.6 Å². The van der Waals surface area contributed by atoms with E-state index in [1.807, 2.05) is 31.4 Å². The fraction of sp³-hybridized carbons (Fsp3) is 0.211. The minimum Gasteiger partial charge on any atom is -0.364 e. The molecule has 0 aliphatic heterocycles. The number of aryl methyl sites for hydroxylation is 1. The molecule has 0 saturated carbocycles. The number of pyridine rings is 1. The van der Waals surface area contributed by atoms with Gasteiger partial charge in [-0.15, -0.1) is 11.3 Å². The molecule has 0 atom stereocenters. The van der Waals surface area contributed by atoms with Crippen LogP contribution in [0, 0.1) is 6.92 Å². The number of nitrogens with two attached hydrogens (primary N) is 1. The maximum Gasteiger partial charge on any atom is 0.271 e. The first kappa shape index (κ1) is 18.8. The Morgan fingerprint density at radius 3 is 2.79 bits per heavy atom. The number of thiophene rings is 1. The molecule has 0 radical (unpaired) electrons. The lowest BCUT2D eigenvalue weighted by molar-refractivity contribution is 0.0996. The van der Waals surface area contributed by atoms with Gasteiger partial charge in [-0.1, -0.05) is 6.07 Å². The second-order valence-corrected chi connectivity index (χ2v) is 7.79. The van der Waals surface area contributed by atoms with E-state index in [0.717, 1.165) is 4.88 Å². The molecular formula is C19H19N7O2S. The van der Waals surface area contributed by atoms with Gasteiger partial charge in [0.05, 0.1) is 39.1 Å². The first-order valence-corrected chi connectivity index (χ1v) is 9.83. The van der Waals surface area contributed by atoms with Crippen molar-refractivity contribution in [2.45, 2.75) is 26.8 Å². The van der Waals surface area contributed by atoms with Gasteiger partial charge in [0.25, 0.3) is 11.8 Å². The van der Waals surface area contributed by atoms with Gasteiger partial charge >= 0.3 is 0 Å². The van der Waals surface area contributed by atoms with Gasteiger partial charge in [0.15, 0.2) is 11.3 Å². The lowest BCUT2D eigenvalue weighted by Crippen LogP contribution is -2.18. The Morgan fingerprint density at radius 2 is 2.14 bits per heavy atom. The standard InChI is InChI=1S/C19H19N7O2S/c1-9(2)26-18-12(8-21-26)11(7-13(22-18)14-5-4-6-29-14)19(28)23-15-10(3)24-25-16(15)17(20)27/h4-9H,1-3H3,(H2,20,27)(H,23,28)(H,24,25). The minimum absolute atomic E-state index is 0.0162. The first-order valence-electron chi connectivity index (χ1n) is 8.95. The van der Waals surface area contributed by atoms with E-state index in [9.17, 15) is 9.59 Å². The highest BCUT2D eigenvalue weighted by Gasteiger charge is 2.22. The van der Waals surface area contributed by atoms with Gasteiger partial charge in [-0.05, 0) is 38.3 Å². The van der Waals surface area contributed by atoms with Crippen LogP contribution in [0.25, 0.3) is 21.6 Å². The van der Waals surface area contributed by atoms with Crippen molar-refractivity contribution in [2.75, 3.05) is 5.32 Å².